The molecule has 1 heterocycles. The zero-order chi connectivity index (χ0) is 21.7. The second kappa shape index (κ2) is 9.27. The molecule has 2 aromatic carbocycles. The van der Waals surface area contributed by atoms with Crippen LogP contribution < -0.4 is 10.1 Å². The van der Waals surface area contributed by atoms with Gasteiger partial charge in [-0.05, 0) is 54.6 Å². The average molecular weight is 426 g/mol. The number of amidine groups is 1. The minimum Gasteiger partial charge on any atom is -0.479 e. The molecule has 9 heteroatoms. The maximum atomic E-state index is 12.3. The van der Waals surface area contributed by atoms with E-state index in [0.717, 1.165) is 11.8 Å². The third-order valence-corrected chi connectivity index (χ3v) is 5.03. The number of aliphatic carboxylic acids is 1. The summed E-state index contributed by atoms with van der Waals surface area (Å²) in [5.41, 5.74) is 1.22. The van der Waals surface area contributed by atoms with E-state index in [-0.39, 0.29) is 11.5 Å². The van der Waals surface area contributed by atoms with Crippen molar-refractivity contribution in [2.45, 2.75) is 19.4 Å². The van der Waals surface area contributed by atoms with Crippen LogP contribution in [0.2, 0.25) is 0 Å². The van der Waals surface area contributed by atoms with Crippen LogP contribution in [0.15, 0.2) is 58.4 Å². The molecule has 0 radical (unpaired) electrons. The number of para-hydroxylation sites is 1. The monoisotopic (exact) mass is 426 g/mol. The van der Waals surface area contributed by atoms with Gasteiger partial charge in [0.2, 0.25) is 0 Å². The second-order valence-electron chi connectivity index (χ2n) is 6.22. The molecule has 1 amide bonds. The lowest BCUT2D eigenvalue weighted by molar-refractivity contribution is -0.145. The van der Waals surface area contributed by atoms with Gasteiger partial charge in [0.15, 0.2) is 11.3 Å². The molecule has 0 aromatic heterocycles. The van der Waals surface area contributed by atoms with Crippen molar-refractivity contribution >= 4 is 46.5 Å². The maximum absolute atomic E-state index is 12.3. The molecule has 3 N–H and O–H groups in total. The maximum Gasteiger partial charge on any atom is 0.344 e. The molecule has 1 atom stereocenters. The number of hydrogen-bond donors (Lipinski definition) is 3. The Labute approximate surface area is 176 Å². The van der Waals surface area contributed by atoms with Gasteiger partial charge in [-0.2, -0.15) is 0 Å². The van der Waals surface area contributed by atoms with E-state index in [1.165, 1.54) is 12.1 Å². The highest BCUT2D eigenvalue weighted by atomic mass is 32.2. The highest BCUT2D eigenvalue weighted by molar-refractivity contribution is 8.18. The first-order chi connectivity index (χ1) is 14.4. The predicted octanol–water partition coefficient (Wildman–Crippen LogP) is 3.52. The van der Waals surface area contributed by atoms with Crippen molar-refractivity contribution < 1.29 is 29.3 Å². The van der Waals surface area contributed by atoms with Gasteiger partial charge in [0.1, 0.15) is 5.75 Å². The molecule has 0 saturated carbocycles. The summed E-state index contributed by atoms with van der Waals surface area (Å²) in [5.74, 6) is -2.07. The van der Waals surface area contributed by atoms with Crippen LogP contribution in [-0.2, 0) is 9.59 Å². The Balaban J connectivity index is 1.81. The fourth-order valence-electron chi connectivity index (χ4n) is 2.59. The van der Waals surface area contributed by atoms with Crippen LogP contribution in [0.25, 0.3) is 6.08 Å². The smallest absolute Gasteiger partial charge is 0.344 e. The van der Waals surface area contributed by atoms with Crippen molar-refractivity contribution in [3.8, 4) is 5.75 Å². The molecule has 8 nitrogen and oxygen atoms in total. The van der Waals surface area contributed by atoms with Crippen LogP contribution >= 0.6 is 11.8 Å². The molecule has 1 saturated heterocycles. The zero-order valence-corrected chi connectivity index (χ0v) is 16.7. The predicted molar refractivity (Wildman–Crippen MR) is 113 cm³/mol. The largest absolute Gasteiger partial charge is 0.479 e. The molecular weight excluding hydrogens is 408 g/mol. The third kappa shape index (κ3) is 5.06. The minimum atomic E-state index is -1.06. The first-order valence-electron chi connectivity index (χ1n) is 8.98. The van der Waals surface area contributed by atoms with Crippen LogP contribution in [0.5, 0.6) is 5.75 Å². The van der Waals surface area contributed by atoms with Crippen molar-refractivity contribution in [1.82, 2.24) is 5.32 Å². The van der Waals surface area contributed by atoms with E-state index in [1.807, 2.05) is 0 Å². The van der Waals surface area contributed by atoms with E-state index in [9.17, 15) is 19.5 Å². The molecule has 0 bridgehead atoms. The van der Waals surface area contributed by atoms with E-state index in [2.05, 4.69) is 10.3 Å². The van der Waals surface area contributed by atoms with E-state index < -0.39 is 18.0 Å². The summed E-state index contributed by atoms with van der Waals surface area (Å²) >= 11 is 1.12. The number of carboxylic acids is 2. The molecule has 1 aliphatic heterocycles. The zero-order valence-electron chi connectivity index (χ0n) is 15.9. The standard InChI is InChI=1S/C21H18N2O6S/c1-2-15(20(27)28)29-16-6-4-3-5-13(16)11-17-18(24)23-21(30-17)22-14-9-7-12(8-10-14)19(25)26/h3-11,15H,2H2,1H3,(H,25,26)(H,27,28)(H,22,23,24)/b17-11-. The highest BCUT2D eigenvalue weighted by Crippen LogP contribution is 2.31. The summed E-state index contributed by atoms with van der Waals surface area (Å²) in [7, 11) is 0. The van der Waals surface area contributed by atoms with Crippen molar-refractivity contribution in [1.29, 1.82) is 0 Å². The number of amides is 1. The average Bonchev–Trinajstić information content (AvgIpc) is 3.06. The van der Waals surface area contributed by atoms with Crippen LogP contribution in [0.1, 0.15) is 29.3 Å². The molecule has 30 heavy (non-hydrogen) atoms. The molecule has 0 spiro atoms. The van der Waals surface area contributed by atoms with Gasteiger partial charge < -0.3 is 20.3 Å². The number of ether oxygens (including phenoxy) is 1. The van der Waals surface area contributed by atoms with E-state index >= 15 is 0 Å². The number of nitrogens with zero attached hydrogens (tertiary/aromatic N) is 1. The number of benzene rings is 2. The number of carbonyl (C=O) groups excluding carboxylic acids is 1. The van der Waals surface area contributed by atoms with Crippen LogP contribution in [-0.4, -0.2) is 39.3 Å². The fraction of sp³-hybridized carbons (Fsp3) is 0.143. The Bertz CT molecular complexity index is 1050. The Morgan fingerprint density at radius 1 is 1.17 bits per heavy atom. The lowest BCUT2D eigenvalue weighted by Gasteiger charge is -2.15. The summed E-state index contributed by atoms with van der Waals surface area (Å²) < 4.78 is 5.59. The molecule has 1 fully saturated rings. The Kier molecular flexibility index (Phi) is 6.53. The first kappa shape index (κ1) is 21.1. The quantitative estimate of drug-likeness (QED) is 0.579. The summed E-state index contributed by atoms with van der Waals surface area (Å²) in [5, 5.41) is 21.2. The van der Waals surface area contributed by atoms with Gasteiger partial charge in [-0.1, -0.05) is 25.1 Å². The lowest BCUT2D eigenvalue weighted by atomic mass is 10.1. The van der Waals surface area contributed by atoms with E-state index in [1.54, 1.807) is 49.4 Å². The van der Waals surface area contributed by atoms with Crippen molar-refractivity contribution in [3.63, 3.8) is 0 Å². The second-order valence-corrected chi connectivity index (χ2v) is 7.26. The van der Waals surface area contributed by atoms with Crippen molar-refractivity contribution in [2.75, 3.05) is 0 Å². The molecule has 1 unspecified atom stereocenters. The topological polar surface area (TPSA) is 125 Å². The van der Waals surface area contributed by atoms with Crippen LogP contribution in [0.3, 0.4) is 0 Å². The minimum absolute atomic E-state index is 0.144. The van der Waals surface area contributed by atoms with Gasteiger partial charge >= 0.3 is 11.9 Å². The summed E-state index contributed by atoms with van der Waals surface area (Å²) in [6.45, 7) is 1.71. The number of aromatic carboxylic acids is 1. The number of hydrogen-bond acceptors (Lipinski definition) is 6. The van der Waals surface area contributed by atoms with Gasteiger partial charge in [-0.15, -0.1) is 0 Å². The van der Waals surface area contributed by atoms with Crippen molar-refractivity contribution in [2.24, 2.45) is 4.99 Å². The van der Waals surface area contributed by atoms with E-state index in [4.69, 9.17) is 9.84 Å². The number of aliphatic imine (C=N–C) groups is 1. The molecule has 2 aromatic rings. The number of carboxylic acid groups (broad SMARTS) is 2. The SMILES string of the molecule is CCC(Oc1ccccc1/C=C1\SC(=Nc2ccc(C(=O)O)cc2)NC1=O)C(=O)O. The molecule has 154 valence electrons. The van der Waals surface area contributed by atoms with E-state index in [0.29, 0.717) is 33.5 Å². The number of thioether (sulfide) groups is 1. The molecule has 3 rings (SSSR count). The fourth-order valence-corrected chi connectivity index (χ4v) is 3.42. The van der Waals surface area contributed by atoms with Gasteiger partial charge in [-0.3, -0.25) is 4.79 Å². The number of nitrogens with one attached hydrogen (secondary N) is 1. The highest BCUT2D eigenvalue weighted by Gasteiger charge is 2.25. The van der Waals surface area contributed by atoms with Crippen LogP contribution in [0, 0.1) is 0 Å². The summed E-state index contributed by atoms with van der Waals surface area (Å²) in [6.07, 6.45) is 0.924. The first-order valence-corrected chi connectivity index (χ1v) is 9.80. The molecular formula is C21H18N2O6S. The lowest BCUT2D eigenvalue weighted by Crippen LogP contribution is -2.26. The van der Waals surface area contributed by atoms with Gasteiger partial charge in [0.25, 0.3) is 5.91 Å². The Hall–Kier alpha value is -3.59. The summed E-state index contributed by atoms with van der Waals surface area (Å²) in [6, 6.07) is 12.8. The van der Waals surface area contributed by atoms with Gasteiger partial charge in [0, 0.05) is 5.56 Å². The molecule has 0 aliphatic carbocycles. The number of carbonyl (C=O) groups is 3. The molecule has 1 aliphatic rings. The van der Waals surface area contributed by atoms with Gasteiger partial charge in [-0.25, -0.2) is 14.6 Å². The third-order valence-electron chi connectivity index (χ3n) is 4.12. The Morgan fingerprint density at radius 2 is 1.87 bits per heavy atom. The van der Waals surface area contributed by atoms with Gasteiger partial charge in [0.05, 0.1) is 16.2 Å². The van der Waals surface area contributed by atoms with Crippen LogP contribution in [0.4, 0.5) is 5.69 Å². The normalized spacial score (nSPS) is 17.0. The Morgan fingerprint density at radius 3 is 2.50 bits per heavy atom. The van der Waals surface area contributed by atoms with Crippen molar-refractivity contribution in [3.05, 3.63) is 64.6 Å². The number of rotatable bonds is 7. The summed E-state index contributed by atoms with van der Waals surface area (Å²) in [4.78, 5) is 39.2.